The molecular weight excluding hydrogens is 550 g/mol. The molecule has 3 aliphatic heterocycles. The van der Waals surface area contributed by atoms with Gasteiger partial charge in [-0.1, -0.05) is 24.4 Å². The van der Waals surface area contributed by atoms with Gasteiger partial charge in [0.05, 0.1) is 23.2 Å². The monoisotopic (exact) mass is 585 g/mol. The van der Waals surface area contributed by atoms with E-state index in [1.165, 1.54) is 0 Å². The molecular formula is C30H36ClN3O5S. The Kier molecular flexibility index (Phi) is 8.92. The number of benzene rings is 2. The number of hydrogen-bond acceptors (Lipinski definition) is 6. The molecule has 10 heteroatoms. The van der Waals surface area contributed by atoms with Gasteiger partial charge in [0, 0.05) is 34.8 Å². The van der Waals surface area contributed by atoms with E-state index in [0.717, 1.165) is 31.4 Å². The predicted molar refractivity (Wildman–Crippen MR) is 158 cm³/mol. The lowest BCUT2D eigenvalue weighted by Crippen LogP contribution is -2.51. The highest BCUT2D eigenvalue weighted by atomic mass is 35.5. The van der Waals surface area contributed by atoms with Gasteiger partial charge in [0.25, 0.3) is 0 Å². The Morgan fingerprint density at radius 2 is 1.68 bits per heavy atom. The van der Waals surface area contributed by atoms with Crippen molar-refractivity contribution < 1.29 is 24.2 Å². The van der Waals surface area contributed by atoms with Gasteiger partial charge < -0.3 is 25.4 Å². The highest BCUT2D eigenvalue weighted by molar-refractivity contribution is 8.02. The number of thioether (sulfide) groups is 1. The van der Waals surface area contributed by atoms with Gasteiger partial charge in [0.1, 0.15) is 11.8 Å². The number of aliphatic hydroxyl groups is 1. The van der Waals surface area contributed by atoms with Crippen LogP contribution in [0.15, 0.2) is 48.5 Å². The zero-order chi connectivity index (χ0) is 28.3. The molecule has 2 bridgehead atoms. The summed E-state index contributed by atoms with van der Waals surface area (Å²) in [5, 5.41) is 15.7. The van der Waals surface area contributed by atoms with Crippen molar-refractivity contribution >= 4 is 52.5 Å². The Bertz CT molecular complexity index is 1230. The number of carbonyl (C=O) groups excluding carboxylic acids is 3. The molecule has 8 nitrogen and oxygen atoms in total. The fourth-order valence-corrected chi connectivity index (χ4v) is 8.86. The minimum Gasteiger partial charge on any atom is -0.494 e. The van der Waals surface area contributed by atoms with E-state index in [1.807, 2.05) is 19.1 Å². The molecule has 0 radical (unpaired) electrons. The van der Waals surface area contributed by atoms with E-state index in [0.29, 0.717) is 42.4 Å². The average molecular weight is 586 g/mol. The molecule has 5 rings (SSSR count). The van der Waals surface area contributed by atoms with Crippen molar-refractivity contribution in [2.24, 2.45) is 11.8 Å². The second kappa shape index (κ2) is 12.4. The van der Waals surface area contributed by atoms with E-state index < -0.39 is 22.6 Å². The molecule has 3 aliphatic rings. The van der Waals surface area contributed by atoms with E-state index in [4.69, 9.17) is 21.4 Å². The maximum atomic E-state index is 14.1. The fraction of sp³-hybridized carbons (Fsp3) is 0.500. The molecule has 3 N–H and O–H groups in total. The van der Waals surface area contributed by atoms with Gasteiger partial charge in [0.2, 0.25) is 17.7 Å². The third-order valence-electron chi connectivity index (χ3n) is 8.20. The highest BCUT2D eigenvalue weighted by Crippen LogP contribution is 2.66. The van der Waals surface area contributed by atoms with Gasteiger partial charge in [-0.3, -0.25) is 14.4 Å². The van der Waals surface area contributed by atoms with Crippen LogP contribution < -0.4 is 15.4 Å². The second-order valence-electron chi connectivity index (χ2n) is 10.7. The van der Waals surface area contributed by atoms with Crippen molar-refractivity contribution in [3.63, 3.8) is 0 Å². The Labute approximate surface area is 244 Å². The van der Waals surface area contributed by atoms with Gasteiger partial charge in [-0.15, -0.1) is 11.8 Å². The zero-order valence-electron chi connectivity index (χ0n) is 22.6. The van der Waals surface area contributed by atoms with Crippen molar-refractivity contribution in [3.05, 3.63) is 53.6 Å². The first-order valence-corrected chi connectivity index (χ1v) is 15.3. The van der Waals surface area contributed by atoms with Crippen LogP contribution in [0.3, 0.4) is 0 Å². The van der Waals surface area contributed by atoms with Crippen LogP contribution in [0, 0.1) is 11.8 Å². The van der Waals surface area contributed by atoms with Gasteiger partial charge in [-0.25, -0.2) is 0 Å². The number of anilines is 2. The number of likely N-dealkylation sites (tertiary alicyclic amines) is 1. The minimum atomic E-state index is -0.670. The molecule has 40 heavy (non-hydrogen) atoms. The van der Waals surface area contributed by atoms with Crippen molar-refractivity contribution in [2.45, 2.75) is 61.5 Å². The molecule has 5 atom stereocenters. The number of nitrogens with one attached hydrogen (secondary N) is 2. The quantitative estimate of drug-likeness (QED) is 0.304. The van der Waals surface area contributed by atoms with Crippen LogP contribution in [0.1, 0.15) is 45.4 Å². The maximum Gasteiger partial charge on any atom is 0.248 e. The molecule has 3 amide bonds. The van der Waals surface area contributed by atoms with Crippen molar-refractivity contribution in [1.82, 2.24) is 4.90 Å². The fourth-order valence-electron chi connectivity index (χ4n) is 6.51. The summed E-state index contributed by atoms with van der Waals surface area (Å²) in [7, 11) is 0. The molecule has 2 unspecified atom stereocenters. The number of unbranched alkanes of at least 4 members (excludes halogenated alkanes) is 3. The number of amides is 3. The number of carbonyl (C=O) groups is 3. The van der Waals surface area contributed by atoms with Gasteiger partial charge in [-0.05, 0) is 81.1 Å². The summed E-state index contributed by atoms with van der Waals surface area (Å²) in [6, 6.07) is 13.5. The molecule has 2 aromatic rings. The van der Waals surface area contributed by atoms with Crippen LogP contribution in [-0.2, 0) is 14.4 Å². The summed E-state index contributed by atoms with van der Waals surface area (Å²) in [6.07, 6.45) is 4.66. The summed E-state index contributed by atoms with van der Waals surface area (Å²) in [5.41, 5.74) is 1.27. The van der Waals surface area contributed by atoms with Crippen molar-refractivity contribution in [3.8, 4) is 5.75 Å². The van der Waals surface area contributed by atoms with E-state index in [1.54, 1.807) is 53.1 Å². The molecule has 2 aromatic carbocycles. The summed E-state index contributed by atoms with van der Waals surface area (Å²) < 4.78 is 4.85. The van der Waals surface area contributed by atoms with Crippen LogP contribution in [0.25, 0.3) is 0 Å². The predicted octanol–water partition coefficient (Wildman–Crippen LogP) is 4.96. The number of hydrogen-bond donors (Lipinski definition) is 3. The van der Waals surface area contributed by atoms with E-state index in [2.05, 4.69) is 10.6 Å². The average Bonchev–Trinajstić information content (AvgIpc) is 3.58. The van der Waals surface area contributed by atoms with E-state index >= 15 is 0 Å². The van der Waals surface area contributed by atoms with Gasteiger partial charge >= 0.3 is 0 Å². The molecule has 0 aliphatic carbocycles. The van der Waals surface area contributed by atoms with Gasteiger partial charge in [-0.2, -0.15) is 0 Å². The molecule has 3 saturated heterocycles. The lowest BCUT2D eigenvalue weighted by molar-refractivity contribution is -0.138. The smallest absolute Gasteiger partial charge is 0.248 e. The largest absolute Gasteiger partial charge is 0.494 e. The first kappa shape index (κ1) is 28.8. The van der Waals surface area contributed by atoms with Crippen molar-refractivity contribution in [2.75, 3.05) is 30.4 Å². The van der Waals surface area contributed by atoms with Crippen LogP contribution in [0.4, 0.5) is 11.4 Å². The number of nitrogens with zero attached hydrogens (tertiary/aromatic N) is 1. The number of fused-ring (bicyclic) bond motifs is 1. The van der Waals surface area contributed by atoms with E-state index in [9.17, 15) is 14.4 Å². The molecule has 3 heterocycles. The third kappa shape index (κ3) is 5.56. The molecule has 1 spiro atoms. The molecule has 0 aromatic heterocycles. The van der Waals surface area contributed by atoms with E-state index in [-0.39, 0.29) is 29.6 Å². The lowest BCUT2D eigenvalue weighted by atomic mass is 9.70. The highest BCUT2D eigenvalue weighted by Gasteiger charge is 2.73. The topological polar surface area (TPSA) is 108 Å². The number of rotatable bonds is 12. The molecule has 214 valence electrons. The summed E-state index contributed by atoms with van der Waals surface area (Å²) >= 11 is 7.68. The third-order valence-corrected chi connectivity index (χ3v) is 10.4. The normalized spacial score (nSPS) is 26.6. The Hall–Kier alpha value is -2.75. The number of halogens is 1. The first-order chi connectivity index (χ1) is 19.4. The first-order valence-electron chi connectivity index (χ1n) is 14.1. The molecule has 3 fully saturated rings. The van der Waals surface area contributed by atoms with Crippen LogP contribution in [0.5, 0.6) is 5.75 Å². The van der Waals surface area contributed by atoms with Crippen LogP contribution in [0.2, 0.25) is 5.02 Å². The number of ether oxygens (including phenoxy) is 1. The van der Waals surface area contributed by atoms with Crippen LogP contribution in [-0.4, -0.2) is 63.5 Å². The minimum absolute atomic E-state index is 0.0193. The second-order valence-corrected chi connectivity index (χ2v) is 12.7. The summed E-state index contributed by atoms with van der Waals surface area (Å²) in [6.45, 7) is 3.06. The zero-order valence-corrected chi connectivity index (χ0v) is 24.2. The Morgan fingerprint density at radius 1 is 1.02 bits per heavy atom. The SMILES string of the molecule is CCOc1ccc(NC(=O)[C@@H]2[C@@H]3CCC4(S3)C(C(=O)Nc3ccc(Cl)cc3)N(CCCCCCO)C(=O)[C@H]24)cc1. The summed E-state index contributed by atoms with van der Waals surface area (Å²) in [5.74, 6) is -0.858. The Morgan fingerprint density at radius 3 is 2.35 bits per heavy atom. The lowest BCUT2D eigenvalue weighted by Gasteiger charge is -2.34. The van der Waals surface area contributed by atoms with Gasteiger partial charge in [0.15, 0.2) is 0 Å². The number of aliphatic hydroxyl groups excluding tert-OH is 1. The standard InChI is InChI=1S/C30H36ClN3O5S/c1-2-39-22-13-11-21(12-14-22)32-27(36)24-23-15-16-30(40-23)25(24)29(38)34(17-5-3-4-6-18-35)26(30)28(37)33-20-9-7-19(31)8-10-20/h7-14,23-26,35H,2-6,15-18H2,1H3,(H,32,36)(H,33,37)/t23-,24+,25-,26?,30?/m0/s1. The maximum absolute atomic E-state index is 14.1. The summed E-state index contributed by atoms with van der Waals surface area (Å²) in [4.78, 5) is 43.3. The van der Waals surface area contributed by atoms with Crippen LogP contribution >= 0.6 is 23.4 Å². The molecule has 0 saturated carbocycles. The Balaban J connectivity index is 1.38. The van der Waals surface area contributed by atoms with Crippen molar-refractivity contribution in [1.29, 1.82) is 0 Å².